The van der Waals surface area contributed by atoms with Crippen LogP contribution in [0.25, 0.3) is 0 Å². The zero-order valence-electron chi connectivity index (χ0n) is 10.7. The van der Waals surface area contributed by atoms with Crippen molar-refractivity contribution in [1.29, 1.82) is 0 Å². The van der Waals surface area contributed by atoms with Gasteiger partial charge in [0.25, 0.3) is 0 Å². The Labute approximate surface area is 107 Å². The number of methoxy groups -OCH3 is 1. The Bertz CT molecular complexity index is 463. The van der Waals surface area contributed by atoms with Crippen molar-refractivity contribution >= 4 is 11.8 Å². The second-order valence-electron chi connectivity index (χ2n) is 4.75. The lowest BCUT2D eigenvalue weighted by atomic mass is 10.0. The maximum atomic E-state index is 11.7. The Morgan fingerprint density at radius 3 is 2.72 bits per heavy atom. The van der Waals surface area contributed by atoms with Crippen LogP contribution in [0.15, 0.2) is 18.2 Å². The molecule has 1 aliphatic carbocycles. The summed E-state index contributed by atoms with van der Waals surface area (Å²) < 4.78 is 4.52. The van der Waals surface area contributed by atoms with Crippen molar-refractivity contribution in [2.75, 3.05) is 7.11 Å². The number of benzene rings is 1. The summed E-state index contributed by atoms with van der Waals surface area (Å²) in [6.07, 6.45) is 4.37. The first-order valence-electron chi connectivity index (χ1n) is 6.38. The zero-order valence-corrected chi connectivity index (χ0v) is 10.7. The molecule has 0 aliphatic heterocycles. The summed E-state index contributed by atoms with van der Waals surface area (Å²) in [5, 5.41) is 0. The highest BCUT2D eigenvalue weighted by atomic mass is 16.5. The van der Waals surface area contributed by atoms with Crippen molar-refractivity contribution in [3.63, 3.8) is 0 Å². The maximum Gasteiger partial charge on any atom is 0.305 e. The van der Waals surface area contributed by atoms with E-state index in [1.807, 2.05) is 6.07 Å². The number of ether oxygens (including phenoxy) is 1. The van der Waals surface area contributed by atoms with Crippen LogP contribution in [0.4, 0.5) is 0 Å². The van der Waals surface area contributed by atoms with E-state index >= 15 is 0 Å². The molecule has 3 heteroatoms. The topological polar surface area (TPSA) is 43.4 Å². The number of aryl methyl sites for hydroxylation is 2. The second kappa shape index (κ2) is 5.80. The van der Waals surface area contributed by atoms with Crippen LogP contribution in [-0.4, -0.2) is 18.9 Å². The molecule has 1 aromatic rings. The molecule has 1 aliphatic rings. The fourth-order valence-electron chi connectivity index (χ4n) is 2.39. The van der Waals surface area contributed by atoms with Gasteiger partial charge in [-0.15, -0.1) is 0 Å². The average Bonchev–Trinajstić information content (AvgIpc) is 2.83. The maximum absolute atomic E-state index is 11.7. The number of hydrogen-bond acceptors (Lipinski definition) is 3. The third kappa shape index (κ3) is 3.19. The van der Waals surface area contributed by atoms with E-state index in [0.717, 1.165) is 18.4 Å². The fourth-order valence-corrected chi connectivity index (χ4v) is 2.39. The molecule has 0 amide bonds. The van der Waals surface area contributed by atoms with Crippen LogP contribution in [0, 0.1) is 0 Å². The molecule has 2 rings (SSSR count). The predicted molar refractivity (Wildman–Crippen MR) is 68.4 cm³/mol. The van der Waals surface area contributed by atoms with Crippen molar-refractivity contribution in [3.8, 4) is 0 Å². The third-order valence-electron chi connectivity index (χ3n) is 3.40. The van der Waals surface area contributed by atoms with E-state index in [2.05, 4.69) is 16.9 Å². The Hall–Kier alpha value is -1.64. The number of rotatable bonds is 5. The number of esters is 1. The second-order valence-corrected chi connectivity index (χ2v) is 4.75. The number of carbonyl (C=O) groups is 2. The summed E-state index contributed by atoms with van der Waals surface area (Å²) in [7, 11) is 1.34. The predicted octanol–water partition coefficient (Wildman–Crippen LogP) is 2.24. The van der Waals surface area contributed by atoms with Gasteiger partial charge in [0.05, 0.1) is 13.5 Å². The van der Waals surface area contributed by atoms with Crippen molar-refractivity contribution in [1.82, 2.24) is 0 Å². The first-order valence-corrected chi connectivity index (χ1v) is 6.38. The molecule has 1 aromatic carbocycles. The van der Waals surface area contributed by atoms with Crippen LogP contribution in [0.5, 0.6) is 0 Å². The molecule has 0 bridgehead atoms. The van der Waals surface area contributed by atoms with E-state index in [1.54, 1.807) is 0 Å². The zero-order chi connectivity index (χ0) is 13.0. The quantitative estimate of drug-likeness (QED) is 0.748. The van der Waals surface area contributed by atoms with Crippen LogP contribution in [0.1, 0.15) is 36.0 Å². The standard InChI is InChI=1S/C15H18O3/c1-18-15(17)8-7-14(16)10-11-5-6-12-3-2-4-13(12)9-11/h5-6,9H,2-4,7-8,10H2,1H3. The minimum Gasteiger partial charge on any atom is -0.469 e. The third-order valence-corrected chi connectivity index (χ3v) is 3.40. The molecule has 3 nitrogen and oxygen atoms in total. The van der Waals surface area contributed by atoms with Gasteiger partial charge in [-0.05, 0) is 36.0 Å². The van der Waals surface area contributed by atoms with Crippen LogP contribution in [0.3, 0.4) is 0 Å². The molecule has 18 heavy (non-hydrogen) atoms. The Morgan fingerprint density at radius 2 is 1.94 bits per heavy atom. The molecule has 0 saturated carbocycles. The summed E-state index contributed by atoms with van der Waals surface area (Å²) in [6, 6.07) is 6.30. The first-order chi connectivity index (χ1) is 8.69. The smallest absolute Gasteiger partial charge is 0.305 e. The minimum absolute atomic E-state index is 0.0957. The summed E-state index contributed by atoms with van der Waals surface area (Å²) in [5.41, 5.74) is 3.86. The molecule has 0 N–H and O–H groups in total. The van der Waals surface area contributed by atoms with Crippen LogP contribution in [0.2, 0.25) is 0 Å². The van der Waals surface area contributed by atoms with Crippen molar-refractivity contribution in [3.05, 3.63) is 34.9 Å². The Balaban J connectivity index is 1.89. The Kier molecular flexibility index (Phi) is 4.13. The lowest BCUT2D eigenvalue weighted by molar-refractivity contribution is -0.141. The van der Waals surface area contributed by atoms with Gasteiger partial charge >= 0.3 is 5.97 Å². The normalized spacial score (nSPS) is 13.2. The lowest BCUT2D eigenvalue weighted by Gasteiger charge is -2.04. The highest BCUT2D eigenvalue weighted by Crippen LogP contribution is 2.23. The molecule has 0 radical (unpaired) electrons. The van der Waals surface area contributed by atoms with Gasteiger partial charge in [0.1, 0.15) is 5.78 Å². The highest BCUT2D eigenvalue weighted by Gasteiger charge is 2.13. The molecular weight excluding hydrogens is 228 g/mol. The van der Waals surface area contributed by atoms with Gasteiger partial charge in [0.15, 0.2) is 0 Å². The molecule has 0 saturated heterocycles. The molecule has 96 valence electrons. The molecule has 0 atom stereocenters. The van der Waals surface area contributed by atoms with Gasteiger partial charge in [-0.3, -0.25) is 9.59 Å². The van der Waals surface area contributed by atoms with Crippen molar-refractivity contribution in [2.24, 2.45) is 0 Å². The van der Waals surface area contributed by atoms with E-state index in [-0.39, 0.29) is 24.6 Å². The van der Waals surface area contributed by atoms with Gasteiger partial charge in [0.2, 0.25) is 0 Å². The summed E-state index contributed by atoms with van der Waals surface area (Å²) in [5.74, 6) is -0.226. The van der Waals surface area contributed by atoms with E-state index in [0.29, 0.717) is 6.42 Å². The van der Waals surface area contributed by atoms with Crippen LogP contribution in [-0.2, 0) is 33.6 Å². The molecule has 0 heterocycles. The van der Waals surface area contributed by atoms with Gasteiger partial charge in [-0.25, -0.2) is 0 Å². The average molecular weight is 246 g/mol. The number of fused-ring (bicyclic) bond motifs is 1. The molecule has 0 aromatic heterocycles. The van der Waals surface area contributed by atoms with E-state index in [4.69, 9.17) is 0 Å². The fraction of sp³-hybridized carbons (Fsp3) is 0.467. The van der Waals surface area contributed by atoms with E-state index in [9.17, 15) is 9.59 Å². The van der Waals surface area contributed by atoms with Gasteiger partial charge in [-0.1, -0.05) is 18.2 Å². The highest BCUT2D eigenvalue weighted by molar-refractivity contribution is 5.84. The summed E-state index contributed by atoms with van der Waals surface area (Å²) >= 11 is 0. The van der Waals surface area contributed by atoms with Crippen molar-refractivity contribution < 1.29 is 14.3 Å². The molecule has 0 unspecified atom stereocenters. The van der Waals surface area contributed by atoms with Gasteiger partial charge in [-0.2, -0.15) is 0 Å². The largest absolute Gasteiger partial charge is 0.469 e. The number of ketones is 1. The number of Topliss-reactive ketones (excluding diaryl/α,β-unsaturated/α-hetero) is 1. The van der Waals surface area contributed by atoms with Gasteiger partial charge in [0, 0.05) is 12.8 Å². The summed E-state index contributed by atoms with van der Waals surface area (Å²) in [4.78, 5) is 22.7. The van der Waals surface area contributed by atoms with Crippen molar-refractivity contribution in [2.45, 2.75) is 38.5 Å². The molecule has 0 spiro atoms. The van der Waals surface area contributed by atoms with Crippen LogP contribution >= 0.6 is 0 Å². The first kappa shape index (κ1) is 12.8. The number of hydrogen-bond donors (Lipinski definition) is 0. The lowest BCUT2D eigenvalue weighted by Crippen LogP contribution is -2.08. The monoisotopic (exact) mass is 246 g/mol. The minimum atomic E-state index is -0.322. The Morgan fingerprint density at radius 1 is 1.17 bits per heavy atom. The molecular formula is C15H18O3. The van der Waals surface area contributed by atoms with Crippen LogP contribution < -0.4 is 0 Å². The van der Waals surface area contributed by atoms with Gasteiger partial charge < -0.3 is 4.74 Å². The SMILES string of the molecule is COC(=O)CCC(=O)Cc1ccc2c(c1)CCC2. The van der Waals surface area contributed by atoms with E-state index < -0.39 is 0 Å². The molecule has 0 fully saturated rings. The number of carbonyl (C=O) groups excluding carboxylic acids is 2. The summed E-state index contributed by atoms with van der Waals surface area (Å²) in [6.45, 7) is 0. The van der Waals surface area contributed by atoms with E-state index in [1.165, 1.54) is 24.7 Å².